The number of nitrogens with zero attached hydrogens (tertiary/aromatic N) is 2. The van der Waals surface area contributed by atoms with Crippen molar-refractivity contribution in [2.75, 3.05) is 31.9 Å². The topological polar surface area (TPSA) is 40.6 Å². The Kier molecular flexibility index (Phi) is 6.01. The highest BCUT2D eigenvalue weighted by Crippen LogP contribution is 2.16. The molecule has 0 aromatic heterocycles. The highest BCUT2D eigenvalue weighted by atomic mass is 32.2. The van der Waals surface area contributed by atoms with Crippen LogP contribution < -0.4 is 0 Å². The highest BCUT2D eigenvalue weighted by molar-refractivity contribution is 7.89. The molecular formula is C17H28N2O2S. The largest absolute Gasteiger partial charge is 0.296 e. The molecule has 1 saturated heterocycles. The lowest BCUT2D eigenvalue weighted by Crippen LogP contribution is -2.48. The predicted octanol–water partition coefficient (Wildman–Crippen LogP) is 2.55. The quantitative estimate of drug-likeness (QED) is 0.807. The van der Waals surface area contributed by atoms with Crippen molar-refractivity contribution in [1.29, 1.82) is 0 Å². The Bertz CT molecular complexity index is 591. The summed E-state index contributed by atoms with van der Waals surface area (Å²) in [5.41, 5.74) is 3.94. The maximum Gasteiger partial charge on any atom is 0.214 e. The molecule has 1 aromatic carbocycles. The second-order valence-electron chi connectivity index (χ2n) is 6.27. The molecule has 22 heavy (non-hydrogen) atoms. The fourth-order valence-electron chi connectivity index (χ4n) is 2.83. The van der Waals surface area contributed by atoms with Crippen LogP contribution in [-0.4, -0.2) is 49.6 Å². The van der Waals surface area contributed by atoms with E-state index in [2.05, 4.69) is 36.9 Å². The monoisotopic (exact) mass is 324 g/mol. The number of sulfonamides is 1. The molecule has 1 aromatic rings. The van der Waals surface area contributed by atoms with E-state index in [-0.39, 0.29) is 0 Å². The zero-order valence-electron chi connectivity index (χ0n) is 14.0. The van der Waals surface area contributed by atoms with E-state index in [1.165, 1.54) is 16.7 Å². The van der Waals surface area contributed by atoms with Gasteiger partial charge in [-0.25, -0.2) is 8.42 Å². The first-order valence-corrected chi connectivity index (χ1v) is 9.79. The number of piperazine rings is 1. The highest BCUT2D eigenvalue weighted by Gasteiger charge is 2.26. The van der Waals surface area contributed by atoms with Crippen LogP contribution in [0.25, 0.3) is 0 Å². The molecule has 0 spiro atoms. The van der Waals surface area contributed by atoms with E-state index in [1.54, 1.807) is 4.31 Å². The van der Waals surface area contributed by atoms with Crippen molar-refractivity contribution in [3.63, 3.8) is 0 Å². The SMILES string of the molecule is CCCCS(=O)(=O)N1CCN(Cc2cc(C)ccc2C)CC1. The Balaban J connectivity index is 1.91. The Morgan fingerprint density at radius 1 is 1.09 bits per heavy atom. The van der Waals surface area contributed by atoms with E-state index in [0.717, 1.165) is 32.5 Å². The molecule has 1 heterocycles. The fraction of sp³-hybridized carbons (Fsp3) is 0.647. The van der Waals surface area contributed by atoms with Gasteiger partial charge in [0.1, 0.15) is 0 Å². The smallest absolute Gasteiger partial charge is 0.214 e. The van der Waals surface area contributed by atoms with Crippen LogP contribution in [0.15, 0.2) is 18.2 Å². The van der Waals surface area contributed by atoms with Gasteiger partial charge in [-0.15, -0.1) is 0 Å². The summed E-state index contributed by atoms with van der Waals surface area (Å²) in [4.78, 5) is 2.35. The van der Waals surface area contributed by atoms with E-state index in [4.69, 9.17) is 0 Å². The molecular weight excluding hydrogens is 296 g/mol. The molecule has 0 bridgehead atoms. The summed E-state index contributed by atoms with van der Waals surface area (Å²) in [7, 11) is -3.05. The van der Waals surface area contributed by atoms with Gasteiger partial charge >= 0.3 is 0 Å². The molecule has 0 aliphatic carbocycles. The first kappa shape index (κ1) is 17.4. The van der Waals surface area contributed by atoms with E-state index < -0.39 is 10.0 Å². The number of benzene rings is 1. The Labute approximate surface area is 135 Å². The molecule has 0 radical (unpaired) electrons. The minimum Gasteiger partial charge on any atom is -0.296 e. The van der Waals surface area contributed by atoms with Gasteiger partial charge in [0.15, 0.2) is 0 Å². The maximum atomic E-state index is 12.2. The fourth-order valence-corrected chi connectivity index (χ4v) is 4.46. The van der Waals surface area contributed by atoms with Crippen molar-refractivity contribution >= 4 is 10.0 Å². The number of unbranched alkanes of at least 4 members (excludes halogenated alkanes) is 1. The van der Waals surface area contributed by atoms with Crippen molar-refractivity contribution in [2.24, 2.45) is 0 Å². The molecule has 4 nitrogen and oxygen atoms in total. The van der Waals surface area contributed by atoms with Crippen molar-refractivity contribution in [3.05, 3.63) is 34.9 Å². The molecule has 5 heteroatoms. The molecule has 0 unspecified atom stereocenters. The predicted molar refractivity (Wildman–Crippen MR) is 91.5 cm³/mol. The van der Waals surface area contributed by atoms with Gasteiger partial charge in [-0.2, -0.15) is 4.31 Å². The van der Waals surface area contributed by atoms with Gasteiger partial charge in [0.25, 0.3) is 0 Å². The summed E-state index contributed by atoms with van der Waals surface area (Å²) in [6, 6.07) is 6.53. The first-order valence-electron chi connectivity index (χ1n) is 8.18. The molecule has 0 amide bonds. The summed E-state index contributed by atoms with van der Waals surface area (Å²) < 4.78 is 26.1. The van der Waals surface area contributed by atoms with Crippen molar-refractivity contribution < 1.29 is 8.42 Å². The lowest BCUT2D eigenvalue weighted by Gasteiger charge is -2.34. The van der Waals surface area contributed by atoms with Crippen LogP contribution >= 0.6 is 0 Å². The average molecular weight is 324 g/mol. The summed E-state index contributed by atoms with van der Waals surface area (Å²) in [5, 5.41) is 0. The van der Waals surface area contributed by atoms with Crippen LogP contribution in [0.1, 0.15) is 36.5 Å². The molecule has 0 atom stereocenters. The van der Waals surface area contributed by atoms with Gasteiger partial charge in [0, 0.05) is 32.7 Å². The second kappa shape index (κ2) is 7.57. The summed E-state index contributed by atoms with van der Waals surface area (Å²) in [5.74, 6) is 0.292. The lowest BCUT2D eigenvalue weighted by atomic mass is 10.1. The summed E-state index contributed by atoms with van der Waals surface area (Å²) in [6.45, 7) is 10.1. The van der Waals surface area contributed by atoms with Gasteiger partial charge in [0.2, 0.25) is 10.0 Å². The van der Waals surface area contributed by atoms with Crippen LogP contribution in [-0.2, 0) is 16.6 Å². The first-order chi connectivity index (χ1) is 10.4. The standard InChI is InChI=1S/C17H28N2O2S/c1-4-5-12-22(20,21)19-10-8-18(9-11-19)14-17-13-15(2)6-7-16(17)3/h6-7,13H,4-5,8-12,14H2,1-3H3. The number of hydrogen-bond acceptors (Lipinski definition) is 3. The zero-order valence-corrected chi connectivity index (χ0v) is 14.8. The van der Waals surface area contributed by atoms with Gasteiger partial charge in [-0.3, -0.25) is 4.90 Å². The van der Waals surface area contributed by atoms with Crippen molar-refractivity contribution in [3.8, 4) is 0 Å². The summed E-state index contributed by atoms with van der Waals surface area (Å²) >= 11 is 0. The zero-order chi connectivity index (χ0) is 16.2. The van der Waals surface area contributed by atoms with E-state index in [1.807, 2.05) is 6.92 Å². The van der Waals surface area contributed by atoms with Gasteiger partial charge in [0.05, 0.1) is 5.75 Å². The Hall–Kier alpha value is -0.910. The van der Waals surface area contributed by atoms with Gasteiger partial charge < -0.3 is 0 Å². The van der Waals surface area contributed by atoms with Gasteiger partial charge in [-0.05, 0) is 31.4 Å². The molecule has 0 N–H and O–H groups in total. The Morgan fingerprint density at radius 2 is 1.77 bits per heavy atom. The van der Waals surface area contributed by atoms with Crippen LogP contribution in [0.5, 0.6) is 0 Å². The molecule has 1 aliphatic rings. The van der Waals surface area contributed by atoms with Crippen LogP contribution in [0, 0.1) is 13.8 Å². The maximum absolute atomic E-state index is 12.2. The molecule has 124 valence electrons. The normalized spacial score (nSPS) is 17.8. The minimum absolute atomic E-state index is 0.292. The molecule has 0 saturated carbocycles. The van der Waals surface area contributed by atoms with Crippen LogP contribution in [0.4, 0.5) is 0 Å². The number of rotatable bonds is 6. The average Bonchev–Trinajstić information content (AvgIpc) is 2.49. The van der Waals surface area contributed by atoms with Gasteiger partial charge in [-0.1, -0.05) is 37.1 Å². The number of hydrogen-bond donors (Lipinski definition) is 0. The molecule has 1 fully saturated rings. The molecule has 1 aliphatic heterocycles. The van der Waals surface area contributed by atoms with Crippen molar-refractivity contribution in [1.82, 2.24) is 9.21 Å². The second-order valence-corrected chi connectivity index (χ2v) is 8.36. The van der Waals surface area contributed by atoms with E-state index in [0.29, 0.717) is 18.8 Å². The Morgan fingerprint density at radius 3 is 2.41 bits per heavy atom. The third-order valence-electron chi connectivity index (χ3n) is 4.38. The van der Waals surface area contributed by atoms with E-state index in [9.17, 15) is 8.42 Å². The minimum atomic E-state index is -3.05. The number of aryl methyl sites for hydroxylation is 2. The third kappa shape index (κ3) is 4.54. The summed E-state index contributed by atoms with van der Waals surface area (Å²) in [6.07, 6.45) is 1.68. The van der Waals surface area contributed by atoms with Crippen LogP contribution in [0.2, 0.25) is 0 Å². The van der Waals surface area contributed by atoms with E-state index >= 15 is 0 Å². The lowest BCUT2D eigenvalue weighted by molar-refractivity contribution is 0.181. The van der Waals surface area contributed by atoms with Crippen LogP contribution in [0.3, 0.4) is 0 Å². The van der Waals surface area contributed by atoms with Crippen molar-refractivity contribution in [2.45, 2.75) is 40.2 Å². The molecule has 2 rings (SSSR count). The third-order valence-corrected chi connectivity index (χ3v) is 6.34.